The molecule has 0 aliphatic heterocycles. The number of furan rings is 1. The monoisotopic (exact) mass is 291 g/mol. The molecule has 0 fully saturated rings. The fourth-order valence-electron chi connectivity index (χ4n) is 1.15. The van der Waals surface area contributed by atoms with Gasteiger partial charge in [-0.15, -0.1) is 0 Å². The van der Waals surface area contributed by atoms with E-state index >= 15 is 0 Å². The van der Waals surface area contributed by atoms with Crippen molar-refractivity contribution in [2.75, 3.05) is 5.32 Å². The van der Waals surface area contributed by atoms with E-state index in [2.05, 4.69) is 26.2 Å². The maximum Gasteiger partial charge on any atom is 0.292 e. The smallest absolute Gasteiger partial charge is 0.292 e. The van der Waals surface area contributed by atoms with E-state index in [0.717, 1.165) is 0 Å². The third-order valence-corrected chi connectivity index (χ3v) is 2.36. The number of aromatic nitrogens is 1. The average molecular weight is 292 g/mol. The second-order valence-corrected chi connectivity index (χ2v) is 3.88. The summed E-state index contributed by atoms with van der Waals surface area (Å²) in [6.07, 6.45) is 1.38. The summed E-state index contributed by atoms with van der Waals surface area (Å²) in [5, 5.41) is 11.1. The van der Waals surface area contributed by atoms with Crippen LogP contribution < -0.4 is 5.32 Å². The van der Waals surface area contributed by atoms with Gasteiger partial charge in [0.15, 0.2) is 10.4 Å². The van der Waals surface area contributed by atoms with Crippen LogP contribution in [0.3, 0.4) is 0 Å². The first-order chi connectivity index (χ1) is 8.19. The number of hydrogen-bond donors (Lipinski definition) is 1. The van der Waals surface area contributed by atoms with Gasteiger partial charge in [0.05, 0.1) is 5.56 Å². The lowest BCUT2D eigenvalue weighted by Crippen LogP contribution is -2.11. The fourth-order valence-corrected chi connectivity index (χ4v) is 1.45. The number of pyridine rings is 1. The van der Waals surface area contributed by atoms with E-state index in [1.807, 2.05) is 6.07 Å². The van der Waals surface area contributed by atoms with Crippen molar-refractivity contribution >= 4 is 27.7 Å². The molecule has 84 valence electrons. The molecular weight excluding hydrogens is 286 g/mol. The number of hydrogen-bond acceptors (Lipinski definition) is 4. The van der Waals surface area contributed by atoms with Crippen LogP contribution in [-0.4, -0.2) is 10.9 Å². The number of amides is 1. The molecule has 1 amide bonds. The molecule has 0 saturated heterocycles. The van der Waals surface area contributed by atoms with Crippen LogP contribution in [0, 0.1) is 11.3 Å². The topological polar surface area (TPSA) is 78.9 Å². The molecule has 0 aromatic carbocycles. The summed E-state index contributed by atoms with van der Waals surface area (Å²) < 4.78 is 5.57. The number of nitriles is 1. The lowest BCUT2D eigenvalue weighted by atomic mass is 10.3. The number of carbonyl (C=O) groups excluding carboxylic acids is 1. The second kappa shape index (κ2) is 4.80. The molecule has 0 unspecified atom stereocenters. The molecule has 2 aromatic heterocycles. The summed E-state index contributed by atoms with van der Waals surface area (Å²) >= 11 is 3.11. The van der Waals surface area contributed by atoms with Gasteiger partial charge in [0.1, 0.15) is 11.9 Å². The van der Waals surface area contributed by atoms with Crippen LogP contribution in [0.4, 0.5) is 5.82 Å². The second-order valence-electron chi connectivity index (χ2n) is 3.10. The van der Waals surface area contributed by atoms with E-state index in [1.165, 1.54) is 6.20 Å². The molecule has 0 radical (unpaired) electrons. The molecule has 2 heterocycles. The van der Waals surface area contributed by atoms with E-state index in [0.29, 0.717) is 16.1 Å². The van der Waals surface area contributed by atoms with Gasteiger partial charge in [-0.2, -0.15) is 5.26 Å². The third-order valence-electron chi connectivity index (χ3n) is 1.93. The summed E-state index contributed by atoms with van der Waals surface area (Å²) in [5.41, 5.74) is 0.434. The lowest BCUT2D eigenvalue weighted by molar-refractivity contribution is 0.0995. The van der Waals surface area contributed by atoms with Crippen LogP contribution in [0.25, 0.3) is 0 Å². The van der Waals surface area contributed by atoms with E-state index < -0.39 is 5.91 Å². The number of nitrogens with one attached hydrogen (secondary N) is 1. The quantitative estimate of drug-likeness (QED) is 0.922. The minimum atomic E-state index is -0.395. The highest BCUT2D eigenvalue weighted by molar-refractivity contribution is 9.10. The van der Waals surface area contributed by atoms with Gasteiger partial charge >= 0.3 is 0 Å². The van der Waals surface area contributed by atoms with E-state index in [1.54, 1.807) is 24.3 Å². The van der Waals surface area contributed by atoms with Gasteiger partial charge in [0.25, 0.3) is 5.91 Å². The van der Waals surface area contributed by atoms with Gasteiger partial charge in [-0.25, -0.2) is 4.98 Å². The molecule has 17 heavy (non-hydrogen) atoms. The van der Waals surface area contributed by atoms with Gasteiger partial charge in [0.2, 0.25) is 0 Å². The predicted octanol–water partition coefficient (Wildman–Crippen LogP) is 2.56. The van der Waals surface area contributed by atoms with Crippen molar-refractivity contribution in [2.24, 2.45) is 0 Å². The first kappa shape index (κ1) is 11.4. The van der Waals surface area contributed by atoms with Gasteiger partial charge in [-0.05, 0) is 40.2 Å². The number of rotatable bonds is 2. The summed E-state index contributed by atoms with van der Waals surface area (Å²) in [4.78, 5) is 15.6. The maximum absolute atomic E-state index is 11.7. The summed E-state index contributed by atoms with van der Waals surface area (Å²) in [5.74, 6) is 0.150. The molecule has 0 aliphatic carbocycles. The largest absolute Gasteiger partial charge is 0.444 e. The van der Waals surface area contributed by atoms with E-state index in [9.17, 15) is 4.79 Å². The van der Waals surface area contributed by atoms with Crippen LogP contribution in [0.5, 0.6) is 0 Å². The first-order valence-electron chi connectivity index (χ1n) is 4.62. The normalized spacial score (nSPS) is 9.65. The highest BCUT2D eigenvalue weighted by Gasteiger charge is 2.10. The van der Waals surface area contributed by atoms with Crippen LogP contribution >= 0.6 is 15.9 Å². The van der Waals surface area contributed by atoms with Crippen molar-refractivity contribution in [1.82, 2.24) is 4.98 Å². The Kier molecular flexibility index (Phi) is 3.21. The number of anilines is 1. The minimum absolute atomic E-state index is 0.183. The first-order valence-corrected chi connectivity index (χ1v) is 5.41. The lowest BCUT2D eigenvalue weighted by Gasteiger charge is -2.01. The standard InChI is InChI=1S/C11H6BrN3O2/c12-9-3-2-8(17-9)11(16)15-10-4-1-7(5-13)6-14-10/h1-4,6H,(H,14,15,16). The Hall–Kier alpha value is -2.13. The van der Waals surface area contributed by atoms with Gasteiger partial charge < -0.3 is 9.73 Å². The third kappa shape index (κ3) is 2.71. The molecule has 0 atom stereocenters. The van der Waals surface area contributed by atoms with Crippen LogP contribution in [0.1, 0.15) is 16.1 Å². The SMILES string of the molecule is N#Cc1ccc(NC(=O)c2ccc(Br)o2)nc1. The Morgan fingerprint density at radius 2 is 2.24 bits per heavy atom. The summed E-state index contributed by atoms with van der Waals surface area (Å²) in [7, 11) is 0. The number of carbonyl (C=O) groups is 1. The highest BCUT2D eigenvalue weighted by atomic mass is 79.9. The minimum Gasteiger partial charge on any atom is -0.444 e. The molecule has 1 N–H and O–H groups in total. The molecule has 0 aliphatic rings. The van der Waals surface area contributed by atoms with Crippen LogP contribution in [0.15, 0.2) is 39.5 Å². The zero-order valence-corrected chi connectivity index (χ0v) is 10.1. The number of nitrogens with zero attached hydrogens (tertiary/aromatic N) is 2. The van der Waals surface area contributed by atoms with Gasteiger partial charge in [-0.3, -0.25) is 4.79 Å². The molecule has 2 rings (SSSR count). The van der Waals surface area contributed by atoms with Crippen molar-refractivity contribution in [1.29, 1.82) is 5.26 Å². The van der Waals surface area contributed by atoms with Crippen molar-refractivity contribution < 1.29 is 9.21 Å². The van der Waals surface area contributed by atoms with E-state index in [4.69, 9.17) is 9.68 Å². The molecule has 5 nitrogen and oxygen atoms in total. The zero-order valence-electron chi connectivity index (χ0n) is 8.48. The Morgan fingerprint density at radius 1 is 1.41 bits per heavy atom. The van der Waals surface area contributed by atoms with Crippen LogP contribution in [-0.2, 0) is 0 Å². The van der Waals surface area contributed by atoms with Crippen molar-refractivity contribution in [3.05, 3.63) is 46.5 Å². The van der Waals surface area contributed by atoms with Crippen molar-refractivity contribution in [2.45, 2.75) is 0 Å². The molecule has 2 aromatic rings. The fraction of sp³-hybridized carbons (Fsp3) is 0. The highest BCUT2D eigenvalue weighted by Crippen LogP contribution is 2.15. The summed E-state index contributed by atoms with van der Waals surface area (Å²) in [6, 6.07) is 8.23. The molecular formula is C11H6BrN3O2. The predicted molar refractivity (Wildman–Crippen MR) is 63.3 cm³/mol. The molecule has 0 bridgehead atoms. The van der Waals surface area contributed by atoms with Gasteiger partial charge in [-0.1, -0.05) is 0 Å². The average Bonchev–Trinajstić information content (AvgIpc) is 2.77. The van der Waals surface area contributed by atoms with Gasteiger partial charge in [0, 0.05) is 6.20 Å². The maximum atomic E-state index is 11.7. The van der Waals surface area contributed by atoms with Crippen molar-refractivity contribution in [3.63, 3.8) is 0 Å². The molecule has 0 spiro atoms. The Morgan fingerprint density at radius 3 is 2.76 bits per heavy atom. The summed E-state index contributed by atoms with van der Waals surface area (Å²) in [6.45, 7) is 0. The Balaban J connectivity index is 2.11. The Bertz CT molecular complexity index is 584. The van der Waals surface area contributed by atoms with Crippen LogP contribution in [0.2, 0.25) is 0 Å². The van der Waals surface area contributed by atoms with E-state index in [-0.39, 0.29) is 5.76 Å². The molecule has 0 saturated carbocycles. The zero-order chi connectivity index (χ0) is 12.3. The number of halogens is 1. The Labute approximate surface area is 105 Å². The molecule has 6 heteroatoms. The van der Waals surface area contributed by atoms with Crippen molar-refractivity contribution in [3.8, 4) is 6.07 Å².